The Labute approximate surface area is 110 Å². The van der Waals surface area contributed by atoms with Crippen LogP contribution >= 0.6 is 0 Å². The van der Waals surface area contributed by atoms with Crippen LogP contribution in [-0.2, 0) is 12.7 Å². The third-order valence-corrected chi connectivity index (χ3v) is 3.54. The summed E-state index contributed by atoms with van der Waals surface area (Å²) in [7, 11) is 0. The van der Waals surface area contributed by atoms with Crippen molar-refractivity contribution in [3.63, 3.8) is 0 Å². The number of halogens is 3. The molecule has 3 nitrogen and oxygen atoms in total. The number of hydrogen-bond acceptors (Lipinski definition) is 3. The molecule has 19 heavy (non-hydrogen) atoms. The van der Waals surface area contributed by atoms with Gasteiger partial charge in [0.15, 0.2) is 0 Å². The summed E-state index contributed by atoms with van der Waals surface area (Å²) in [4.78, 5) is 5.76. The van der Waals surface area contributed by atoms with Gasteiger partial charge in [-0.3, -0.25) is 0 Å². The highest BCUT2D eigenvalue weighted by Crippen LogP contribution is 2.32. The smallest absolute Gasteiger partial charge is 0.354 e. The van der Waals surface area contributed by atoms with Crippen molar-refractivity contribution >= 4 is 5.82 Å². The lowest BCUT2D eigenvalue weighted by atomic mass is 10.0. The average Bonchev–Trinajstić information content (AvgIpc) is 2.37. The van der Waals surface area contributed by atoms with Crippen molar-refractivity contribution in [2.45, 2.75) is 44.9 Å². The van der Waals surface area contributed by atoms with Crippen molar-refractivity contribution in [1.29, 1.82) is 0 Å². The fourth-order valence-electron chi connectivity index (χ4n) is 2.46. The molecule has 1 unspecified atom stereocenters. The minimum Gasteiger partial charge on any atom is -0.354 e. The van der Waals surface area contributed by atoms with Gasteiger partial charge in [-0.05, 0) is 32.3 Å². The number of anilines is 1. The molecular formula is C13H18F3N3. The van der Waals surface area contributed by atoms with Crippen molar-refractivity contribution in [3.05, 3.63) is 23.4 Å². The number of aromatic nitrogens is 1. The Morgan fingerprint density at radius 3 is 2.68 bits per heavy atom. The Balaban J connectivity index is 2.41. The first-order chi connectivity index (χ1) is 8.93. The third kappa shape index (κ3) is 3.00. The van der Waals surface area contributed by atoms with E-state index in [9.17, 15) is 13.2 Å². The quantitative estimate of drug-likeness (QED) is 0.900. The molecule has 2 rings (SSSR count). The van der Waals surface area contributed by atoms with E-state index < -0.39 is 11.9 Å². The van der Waals surface area contributed by atoms with Gasteiger partial charge in [0, 0.05) is 24.7 Å². The van der Waals surface area contributed by atoms with Gasteiger partial charge in [0.2, 0.25) is 0 Å². The Morgan fingerprint density at radius 1 is 1.37 bits per heavy atom. The predicted molar refractivity (Wildman–Crippen MR) is 67.8 cm³/mol. The van der Waals surface area contributed by atoms with E-state index in [1.807, 2.05) is 11.8 Å². The second-order valence-corrected chi connectivity index (χ2v) is 4.92. The summed E-state index contributed by atoms with van der Waals surface area (Å²) in [5.41, 5.74) is 5.43. The number of alkyl halides is 3. The lowest BCUT2D eigenvalue weighted by molar-refractivity contribution is -0.141. The molecule has 106 valence electrons. The zero-order valence-electron chi connectivity index (χ0n) is 10.9. The van der Waals surface area contributed by atoms with Gasteiger partial charge in [0.1, 0.15) is 11.5 Å². The Morgan fingerprint density at radius 2 is 2.11 bits per heavy atom. The van der Waals surface area contributed by atoms with Gasteiger partial charge in [-0.2, -0.15) is 13.2 Å². The first-order valence-electron chi connectivity index (χ1n) is 6.47. The van der Waals surface area contributed by atoms with E-state index >= 15 is 0 Å². The van der Waals surface area contributed by atoms with Gasteiger partial charge in [-0.1, -0.05) is 6.07 Å². The van der Waals surface area contributed by atoms with E-state index in [4.69, 9.17) is 5.73 Å². The van der Waals surface area contributed by atoms with E-state index in [1.165, 1.54) is 6.07 Å². The predicted octanol–water partition coefficient (Wildman–Crippen LogP) is 2.94. The minimum atomic E-state index is -4.42. The van der Waals surface area contributed by atoms with Gasteiger partial charge in [-0.15, -0.1) is 0 Å². The molecule has 0 radical (unpaired) electrons. The number of piperidine rings is 1. The average molecular weight is 273 g/mol. The van der Waals surface area contributed by atoms with E-state index in [0.29, 0.717) is 11.4 Å². The molecule has 6 heteroatoms. The fraction of sp³-hybridized carbons (Fsp3) is 0.615. The second kappa shape index (κ2) is 5.36. The number of rotatable bonds is 2. The van der Waals surface area contributed by atoms with Crippen LogP contribution in [0.2, 0.25) is 0 Å². The molecule has 1 fully saturated rings. The van der Waals surface area contributed by atoms with E-state index in [0.717, 1.165) is 31.9 Å². The summed E-state index contributed by atoms with van der Waals surface area (Å²) in [5.74, 6) is 0.393. The van der Waals surface area contributed by atoms with Crippen LogP contribution in [0.25, 0.3) is 0 Å². The molecule has 0 saturated carbocycles. The monoisotopic (exact) mass is 273 g/mol. The molecule has 1 aliphatic rings. The van der Waals surface area contributed by atoms with Crippen molar-refractivity contribution in [2.24, 2.45) is 5.73 Å². The van der Waals surface area contributed by atoms with Gasteiger partial charge >= 0.3 is 6.18 Å². The lowest BCUT2D eigenvalue weighted by Crippen LogP contribution is -2.39. The third-order valence-electron chi connectivity index (χ3n) is 3.54. The fourth-order valence-corrected chi connectivity index (χ4v) is 2.46. The summed E-state index contributed by atoms with van der Waals surface area (Å²) in [6.45, 7) is 2.95. The lowest BCUT2D eigenvalue weighted by Gasteiger charge is -2.35. The first kappa shape index (κ1) is 14.1. The summed E-state index contributed by atoms with van der Waals surface area (Å²) in [5, 5.41) is 0. The van der Waals surface area contributed by atoms with Crippen LogP contribution in [0.5, 0.6) is 0 Å². The van der Waals surface area contributed by atoms with E-state index in [2.05, 4.69) is 4.98 Å². The number of nitrogens with two attached hydrogens (primary N) is 1. The summed E-state index contributed by atoms with van der Waals surface area (Å²) >= 11 is 0. The van der Waals surface area contributed by atoms with Crippen molar-refractivity contribution in [1.82, 2.24) is 4.98 Å². The molecule has 2 heterocycles. The van der Waals surface area contributed by atoms with Crippen molar-refractivity contribution in [2.75, 3.05) is 11.4 Å². The number of nitrogens with zero attached hydrogens (tertiary/aromatic N) is 2. The van der Waals surface area contributed by atoms with Crippen LogP contribution in [0.4, 0.5) is 19.0 Å². The highest BCUT2D eigenvalue weighted by molar-refractivity contribution is 5.49. The summed E-state index contributed by atoms with van der Waals surface area (Å²) in [6.07, 6.45) is -1.36. The molecule has 0 spiro atoms. The summed E-state index contributed by atoms with van der Waals surface area (Å²) < 4.78 is 38.3. The summed E-state index contributed by atoms with van der Waals surface area (Å²) in [6, 6.07) is 2.64. The maximum Gasteiger partial charge on any atom is 0.433 e. The Bertz CT molecular complexity index is 445. The maximum absolute atomic E-state index is 12.8. The molecule has 0 aliphatic carbocycles. The molecule has 2 N–H and O–H groups in total. The molecule has 1 aliphatic heterocycles. The van der Waals surface area contributed by atoms with Crippen LogP contribution in [0, 0.1) is 0 Å². The standard InChI is InChI=1S/C13H18F3N3/c1-9-4-2-3-7-19(9)12-10(8-17)5-6-11(18-12)13(14,15)16/h5-6,9H,2-4,7-8,17H2,1H3. The molecule has 1 aromatic heterocycles. The molecule has 1 aromatic rings. The molecule has 0 aromatic carbocycles. The highest BCUT2D eigenvalue weighted by Gasteiger charge is 2.34. The first-order valence-corrected chi connectivity index (χ1v) is 6.47. The molecule has 0 bridgehead atoms. The van der Waals surface area contributed by atoms with Crippen LogP contribution in [-0.4, -0.2) is 17.6 Å². The molecular weight excluding hydrogens is 255 g/mol. The number of pyridine rings is 1. The van der Waals surface area contributed by atoms with Crippen molar-refractivity contribution < 1.29 is 13.2 Å². The minimum absolute atomic E-state index is 0.198. The van der Waals surface area contributed by atoms with Gasteiger partial charge in [-0.25, -0.2) is 4.98 Å². The Kier molecular flexibility index (Phi) is 3.99. The molecule has 0 amide bonds. The largest absolute Gasteiger partial charge is 0.433 e. The molecule has 1 saturated heterocycles. The number of hydrogen-bond donors (Lipinski definition) is 1. The van der Waals surface area contributed by atoms with Crippen LogP contribution in [0.3, 0.4) is 0 Å². The maximum atomic E-state index is 12.8. The van der Waals surface area contributed by atoms with Crippen LogP contribution < -0.4 is 10.6 Å². The van der Waals surface area contributed by atoms with E-state index in [1.54, 1.807) is 0 Å². The SMILES string of the molecule is CC1CCCCN1c1nc(C(F)(F)F)ccc1CN. The zero-order valence-corrected chi connectivity index (χ0v) is 10.9. The Hall–Kier alpha value is -1.30. The van der Waals surface area contributed by atoms with E-state index in [-0.39, 0.29) is 12.6 Å². The zero-order chi connectivity index (χ0) is 14.0. The highest BCUT2D eigenvalue weighted by atomic mass is 19.4. The van der Waals surface area contributed by atoms with Gasteiger partial charge < -0.3 is 10.6 Å². The molecule has 1 atom stereocenters. The van der Waals surface area contributed by atoms with Crippen LogP contribution in [0.15, 0.2) is 12.1 Å². The van der Waals surface area contributed by atoms with Crippen LogP contribution in [0.1, 0.15) is 37.4 Å². The topological polar surface area (TPSA) is 42.2 Å². The normalized spacial score (nSPS) is 20.7. The van der Waals surface area contributed by atoms with Gasteiger partial charge in [0.25, 0.3) is 0 Å². The van der Waals surface area contributed by atoms with Gasteiger partial charge in [0.05, 0.1) is 0 Å². The second-order valence-electron chi connectivity index (χ2n) is 4.92. The van der Waals surface area contributed by atoms with Crippen molar-refractivity contribution in [3.8, 4) is 0 Å².